The highest BCUT2D eigenvalue weighted by Crippen LogP contribution is 2.54. The summed E-state index contributed by atoms with van der Waals surface area (Å²) in [5.74, 6) is -4.12. The van der Waals surface area contributed by atoms with Crippen LogP contribution in [0.4, 0.5) is 0 Å². The van der Waals surface area contributed by atoms with Crippen LogP contribution in [0.25, 0.3) is 0 Å². The molecule has 5 amide bonds. The Morgan fingerprint density at radius 1 is 0.932 bits per heavy atom. The van der Waals surface area contributed by atoms with Crippen LogP contribution < -0.4 is 21.3 Å². The molecule has 0 radical (unpaired) electrons. The monoisotopic (exact) mass is 807 g/mol. The van der Waals surface area contributed by atoms with E-state index >= 15 is 0 Å². The number of rotatable bonds is 14. The summed E-state index contributed by atoms with van der Waals surface area (Å²) in [6.45, 7) is 7.47. The number of carbonyl (C=O) groups excluding carboxylic acids is 7. The highest BCUT2D eigenvalue weighted by atomic mass is 16.2. The Labute approximate surface area is 345 Å². The van der Waals surface area contributed by atoms with Crippen molar-refractivity contribution >= 4 is 41.1 Å². The molecule has 5 fully saturated rings. The van der Waals surface area contributed by atoms with Gasteiger partial charge >= 0.3 is 0 Å². The number of amides is 5. The minimum atomic E-state index is -1.05. The average molecular weight is 808 g/mol. The van der Waals surface area contributed by atoms with Crippen LogP contribution in [-0.2, 0) is 24.0 Å². The van der Waals surface area contributed by atoms with Crippen molar-refractivity contribution in [2.75, 3.05) is 0 Å². The van der Waals surface area contributed by atoms with Crippen molar-refractivity contribution in [3.8, 4) is 6.07 Å². The third kappa shape index (κ3) is 8.17. The molecule has 2 aliphatic heterocycles. The Hall–Kier alpha value is -5.32. The molecule has 314 valence electrons. The van der Waals surface area contributed by atoms with Crippen molar-refractivity contribution in [2.24, 2.45) is 23.2 Å². The Kier molecular flexibility index (Phi) is 12.1. The van der Waals surface area contributed by atoms with E-state index in [0.29, 0.717) is 36.9 Å². The van der Waals surface area contributed by atoms with Crippen LogP contribution in [0.2, 0.25) is 0 Å². The summed E-state index contributed by atoms with van der Waals surface area (Å²) in [6, 6.07) is 6.32. The zero-order valence-electron chi connectivity index (χ0n) is 34.5. The van der Waals surface area contributed by atoms with E-state index in [2.05, 4.69) is 26.3 Å². The van der Waals surface area contributed by atoms with Gasteiger partial charge in [-0.25, -0.2) is 0 Å². The number of aromatic amines is 1. The fraction of sp³-hybridized carbons (Fsp3) is 0.600. The lowest BCUT2D eigenvalue weighted by molar-refractivity contribution is -0.160. The lowest BCUT2D eigenvalue weighted by atomic mass is 9.60. The lowest BCUT2D eigenvalue weighted by Gasteiger charge is -2.55. The minimum absolute atomic E-state index is 0.0111. The molecule has 14 heteroatoms. The molecule has 7 atom stereocenters. The fourth-order valence-corrected chi connectivity index (χ4v) is 10.5. The molecule has 3 saturated carbocycles. The highest BCUT2D eigenvalue weighted by molar-refractivity contribution is 6.38. The Morgan fingerprint density at radius 2 is 1.64 bits per heavy atom. The molecule has 5 aliphatic rings. The summed E-state index contributed by atoms with van der Waals surface area (Å²) in [4.78, 5) is 102. The molecule has 0 bridgehead atoms. The van der Waals surface area contributed by atoms with Crippen LogP contribution in [0.1, 0.15) is 142 Å². The number of hydrogen-bond acceptors (Lipinski definition) is 8. The topological polar surface area (TPSA) is 210 Å². The van der Waals surface area contributed by atoms with Gasteiger partial charge in [0, 0.05) is 23.3 Å². The third-order valence-corrected chi connectivity index (χ3v) is 13.8. The molecule has 5 N–H and O–H groups in total. The van der Waals surface area contributed by atoms with Gasteiger partial charge in [0.15, 0.2) is 5.78 Å². The summed E-state index contributed by atoms with van der Waals surface area (Å²) in [5, 5.41) is 21.8. The largest absolute Gasteiger partial charge is 0.353 e. The molecule has 2 aromatic rings. The number of nitriles is 1. The number of aryl methyl sites for hydroxylation is 1. The average Bonchev–Trinajstić information content (AvgIpc) is 3.86. The number of hydrogen-bond donors (Lipinski definition) is 5. The maximum Gasteiger partial charge on any atom is 0.289 e. The molecule has 0 spiro atoms. The number of aromatic nitrogens is 1. The maximum atomic E-state index is 14.9. The standard InChI is InChI=1S/C45H57N7O7/c1-5-13-31(38(54)43(58)48-28-20-21-28)49-40(55)32-22-27-18-12-19-30-36(27)52(32)44(59)39(45(30,3)4)51-41(56)34(25-14-8-6-9-15-25)50-42(57)35-29(23-46)33(24(2)47-35)37(53)26-16-10-7-11-17-26/h7,10-11,16-17,25,27-28,30-32,34,36,39,47H,5-6,8-9,12-15,18-22H2,1-4H3,(H,48,58)(H,49,55)(H,50,57)(H,51,56)/t27-,30?,31-,32-,34-,36+,39+/m0/s1. The highest BCUT2D eigenvalue weighted by Gasteiger charge is 2.62. The van der Waals surface area contributed by atoms with Gasteiger partial charge in [-0.15, -0.1) is 0 Å². The molecule has 1 aromatic carbocycles. The lowest BCUT2D eigenvalue weighted by Crippen LogP contribution is -2.70. The van der Waals surface area contributed by atoms with E-state index in [1.54, 1.807) is 42.2 Å². The smallest absolute Gasteiger partial charge is 0.289 e. The molecule has 3 heterocycles. The van der Waals surface area contributed by atoms with Crippen molar-refractivity contribution < 1.29 is 33.6 Å². The normalized spacial score (nSPS) is 25.8. The first-order chi connectivity index (χ1) is 28.3. The predicted octanol–water partition coefficient (Wildman–Crippen LogP) is 4.15. The number of nitrogens with one attached hydrogen (secondary N) is 5. The number of Topliss-reactive ketones (excluding diaryl/α,β-unsaturated/α-hetero) is 1. The van der Waals surface area contributed by atoms with Gasteiger partial charge in [-0.3, -0.25) is 33.6 Å². The van der Waals surface area contributed by atoms with Gasteiger partial charge in [0.05, 0.1) is 17.2 Å². The van der Waals surface area contributed by atoms with Crippen LogP contribution >= 0.6 is 0 Å². The number of ketones is 2. The zero-order chi connectivity index (χ0) is 42.2. The molecule has 59 heavy (non-hydrogen) atoms. The predicted molar refractivity (Wildman–Crippen MR) is 217 cm³/mol. The number of piperidine rings is 1. The van der Waals surface area contributed by atoms with Gasteiger partial charge in [-0.05, 0) is 81.5 Å². The van der Waals surface area contributed by atoms with Gasteiger partial charge in [-0.1, -0.05) is 83.2 Å². The van der Waals surface area contributed by atoms with Crippen LogP contribution in [0.15, 0.2) is 30.3 Å². The van der Waals surface area contributed by atoms with Crippen LogP contribution in [-0.4, -0.2) is 87.2 Å². The van der Waals surface area contributed by atoms with Crippen molar-refractivity contribution in [2.45, 2.75) is 147 Å². The van der Waals surface area contributed by atoms with E-state index < -0.39 is 64.8 Å². The van der Waals surface area contributed by atoms with Crippen molar-refractivity contribution in [3.05, 3.63) is 58.4 Å². The quantitative estimate of drug-likeness (QED) is 0.138. The van der Waals surface area contributed by atoms with Crippen LogP contribution in [0, 0.1) is 41.4 Å². The molecule has 14 nitrogen and oxygen atoms in total. The van der Waals surface area contributed by atoms with Gasteiger partial charge in [0.25, 0.3) is 11.8 Å². The van der Waals surface area contributed by atoms with E-state index in [9.17, 15) is 38.8 Å². The molecule has 3 aliphatic carbocycles. The summed E-state index contributed by atoms with van der Waals surface area (Å²) in [7, 11) is 0. The second kappa shape index (κ2) is 17.1. The molecule has 1 aromatic heterocycles. The van der Waals surface area contributed by atoms with Gasteiger partial charge in [0.2, 0.25) is 23.5 Å². The summed E-state index contributed by atoms with van der Waals surface area (Å²) in [5.41, 5.74) is -0.120. The molecular formula is C45H57N7O7. The van der Waals surface area contributed by atoms with E-state index in [0.717, 1.165) is 51.4 Å². The summed E-state index contributed by atoms with van der Waals surface area (Å²) >= 11 is 0. The minimum Gasteiger partial charge on any atom is -0.353 e. The SMILES string of the molecule is CCC[C@H](NC(=O)[C@@H]1C[C@@H]2CCCC3[C@@H]2N1C(=O)[C@@H](NC(=O)[C@@H](NC(=O)c1[nH]c(C)c(C(=O)c2ccccc2)c1C#N)C1CCCCC1)C3(C)C)C(=O)C(=O)NC1CC1. The number of carbonyl (C=O) groups is 7. The van der Waals surface area contributed by atoms with Gasteiger partial charge in [0.1, 0.15) is 29.9 Å². The number of nitrogens with zero attached hydrogens (tertiary/aromatic N) is 2. The Balaban J connectivity index is 1.14. The maximum absolute atomic E-state index is 14.9. The first kappa shape index (κ1) is 41.8. The first-order valence-electron chi connectivity index (χ1n) is 21.6. The van der Waals surface area contributed by atoms with E-state index in [1.165, 1.54) is 0 Å². The second-order valence-corrected chi connectivity index (χ2v) is 18.0. The number of benzene rings is 1. The van der Waals surface area contributed by atoms with Crippen molar-refractivity contribution in [3.63, 3.8) is 0 Å². The first-order valence-corrected chi connectivity index (χ1v) is 21.6. The summed E-state index contributed by atoms with van der Waals surface area (Å²) < 4.78 is 0. The molecular weight excluding hydrogens is 751 g/mol. The van der Waals surface area contributed by atoms with E-state index in [1.807, 2.05) is 26.8 Å². The fourth-order valence-electron chi connectivity index (χ4n) is 10.5. The van der Waals surface area contributed by atoms with Crippen LogP contribution in [0.5, 0.6) is 0 Å². The molecule has 7 rings (SSSR count). The third-order valence-electron chi connectivity index (χ3n) is 13.8. The summed E-state index contributed by atoms with van der Waals surface area (Å²) in [6.07, 6.45) is 9.50. The Bertz CT molecular complexity index is 2040. The molecule has 2 saturated heterocycles. The van der Waals surface area contributed by atoms with Gasteiger partial charge < -0.3 is 31.2 Å². The zero-order valence-corrected chi connectivity index (χ0v) is 34.5. The van der Waals surface area contributed by atoms with Gasteiger partial charge in [-0.2, -0.15) is 5.26 Å². The van der Waals surface area contributed by atoms with E-state index in [-0.39, 0.29) is 59.0 Å². The van der Waals surface area contributed by atoms with E-state index in [4.69, 9.17) is 0 Å². The van der Waals surface area contributed by atoms with Crippen molar-refractivity contribution in [1.82, 2.24) is 31.2 Å². The Morgan fingerprint density at radius 3 is 2.31 bits per heavy atom. The van der Waals surface area contributed by atoms with Crippen molar-refractivity contribution in [1.29, 1.82) is 5.26 Å². The van der Waals surface area contributed by atoms with Crippen LogP contribution in [0.3, 0.4) is 0 Å². The molecule has 1 unspecified atom stereocenters. The second-order valence-electron chi connectivity index (χ2n) is 18.0. The number of H-pyrrole nitrogens is 1.